The third kappa shape index (κ3) is 4.87. The van der Waals surface area contributed by atoms with Crippen LogP contribution in [-0.2, 0) is 4.74 Å². The molecule has 0 spiro atoms. The van der Waals surface area contributed by atoms with Crippen LogP contribution < -0.4 is 4.72 Å². The second-order valence-corrected chi connectivity index (χ2v) is 11.2. The molecule has 1 unspecified atom stereocenters. The summed E-state index contributed by atoms with van der Waals surface area (Å²) >= 11 is 3.16. The van der Waals surface area contributed by atoms with Gasteiger partial charge in [0.1, 0.15) is 15.9 Å². The number of aromatic amines is 1. The van der Waals surface area contributed by atoms with E-state index >= 15 is 0 Å². The van der Waals surface area contributed by atoms with Crippen molar-refractivity contribution in [2.24, 2.45) is 0 Å². The number of nitriles is 1. The lowest BCUT2D eigenvalue weighted by atomic mass is 9.99. The number of likely N-dealkylation sites (tertiary alicyclic amines) is 1. The van der Waals surface area contributed by atoms with E-state index < -0.39 is 5.60 Å². The second-order valence-electron chi connectivity index (χ2n) is 8.98. The summed E-state index contributed by atoms with van der Waals surface area (Å²) in [4.78, 5) is 22.1. The van der Waals surface area contributed by atoms with E-state index in [0.29, 0.717) is 12.1 Å². The summed E-state index contributed by atoms with van der Waals surface area (Å²) in [5.74, 6) is 0.225. The van der Waals surface area contributed by atoms with Crippen LogP contribution in [-0.4, -0.2) is 39.7 Å². The fourth-order valence-corrected chi connectivity index (χ4v) is 5.69. The van der Waals surface area contributed by atoms with E-state index in [2.05, 4.69) is 20.8 Å². The van der Waals surface area contributed by atoms with Crippen LogP contribution in [0.2, 0.25) is 0 Å². The summed E-state index contributed by atoms with van der Waals surface area (Å²) in [6.45, 7) is 9.04. The Labute approximate surface area is 196 Å². The highest BCUT2D eigenvalue weighted by atomic mass is 32.2. The molecule has 0 radical (unpaired) electrons. The first-order valence-electron chi connectivity index (χ1n) is 10.6. The number of H-pyrrole nitrogens is 1. The summed E-state index contributed by atoms with van der Waals surface area (Å²) in [6.07, 6.45) is 5.34. The smallest absolute Gasteiger partial charge is 0.410 e. The summed E-state index contributed by atoms with van der Waals surface area (Å²) in [7, 11) is 0. The Morgan fingerprint density at radius 3 is 3.00 bits per heavy atom. The molecule has 1 aliphatic heterocycles. The van der Waals surface area contributed by atoms with Gasteiger partial charge in [-0.1, -0.05) is 6.07 Å². The largest absolute Gasteiger partial charge is 0.444 e. The topological polar surface area (TPSA) is 94.0 Å². The van der Waals surface area contributed by atoms with Crippen LogP contribution in [0.4, 0.5) is 10.5 Å². The van der Waals surface area contributed by atoms with Crippen LogP contribution in [0.25, 0.3) is 10.9 Å². The highest BCUT2D eigenvalue weighted by Gasteiger charge is 2.29. The molecule has 1 atom stereocenters. The molecule has 1 amide bonds. The van der Waals surface area contributed by atoms with Crippen LogP contribution in [0.1, 0.15) is 55.7 Å². The van der Waals surface area contributed by atoms with Crippen LogP contribution in [0, 0.1) is 18.3 Å². The van der Waals surface area contributed by atoms with Crippen molar-refractivity contribution in [2.45, 2.75) is 56.3 Å². The summed E-state index contributed by atoms with van der Waals surface area (Å²) in [5.41, 5.74) is 3.09. The molecule has 168 valence electrons. The Balaban J connectivity index is 1.42. The lowest BCUT2D eigenvalue weighted by Crippen LogP contribution is -2.42. The number of fused-ring (bicyclic) bond motifs is 1. The molecule has 1 aromatic carbocycles. The van der Waals surface area contributed by atoms with Gasteiger partial charge in [-0.25, -0.2) is 9.78 Å². The maximum Gasteiger partial charge on any atom is 0.410 e. The number of ether oxygens (including phenoxy) is 1. The fourth-order valence-electron chi connectivity index (χ4n) is 3.88. The van der Waals surface area contributed by atoms with Crippen molar-refractivity contribution >= 4 is 46.0 Å². The Morgan fingerprint density at radius 2 is 2.25 bits per heavy atom. The number of anilines is 1. The fraction of sp³-hybridized carbons (Fsp3) is 0.435. The van der Waals surface area contributed by atoms with Gasteiger partial charge in [-0.2, -0.15) is 5.26 Å². The number of benzene rings is 1. The maximum atomic E-state index is 12.5. The minimum atomic E-state index is -0.491. The molecule has 2 aromatic heterocycles. The molecule has 7 nitrogen and oxygen atoms in total. The normalized spacial score (nSPS) is 16.7. The summed E-state index contributed by atoms with van der Waals surface area (Å²) in [6, 6.07) is 6.28. The van der Waals surface area contributed by atoms with Gasteiger partial charge in [0.15, 0.2) is 0 Å². The van der Waals surface area contributed by atoms with Crippen molar-refractivity contribution < 1.29 is 9.53 Å². The zero-order valence-electron chi connectivity index (χ0n) is 18.7. The highest BCUT2D eigenvalue weighted by Crippen LogP contribution is 2.36. The van der Waals surface area contributed by atoms with Gasteiger partial charge in [0.05, 0.1) is 28.0 Å². The molecule has 32 heavy (non-hydrogen) atoms. The van der Waals surface area contributed by atoms with E-state index in [4.69, 9.17) is 4.74 Å². The predicted octanol–water partition coefficient (Wildman–Crippen LogP) is 6.04. The number of nitrogens with one attached hydrogen (secondary N) is 2. The monoisotopic (exact) mass is 469 g/mol. The number of rotatable bonds is 4. The predicted molar refractivity (Wildman–Crippen MR) is 129 cm³/mol. The number of amides is 1. The third-order valence-corrected chi connectivity index (χ3v) is 7.43. The number of aryl methyl sites for hydroxylation is 1. The molecule has 1 saturated heterocycles. The summed E-state index contributed by atoms with van der Waals surface area (Å²) in [5, 5.41) is 11.3. The number of hydrogen-bond acceptors (Lipinski definition) is 7. The molecule has 1 aliphatic rings. The first-order valence-corrected chi connectivity index (χ1v) is 12.3. The van der Waals surface area contributed by atoms with Crippen molar-refractivity contribution in [3.63, 3.8) is 0 Å². The van der Waals surface area contributed by atoms with Gasteiger partial charge in [0.2, 0.25) is 0 Å². The molecule has 0 saturated carbocycles. The molecule has 9 heteroatoms. The number of carbonyl (C=O) groups is 1. The molecular formula is C23H27N5O2S2. The first-order chi connectivity index (χ1) is 15.2. The molecular weight excluding hydrogens is 442 g/mol. The van der Waals surface area contributed by atoms with E-state index in [0.717, 1.165) is 50.8 Å². The number of carbonyl (C=O) groups excluding carboxylic acids is 1. The van der Waals surface area contributed by atoms with E-state index in [1.165, 1.54) is 11.9 Å². The van der Waals surface area contributed by atoms with Crippen molar-refractivity contribution in [3.05, 3.63) is 40.7 Å². The first kappa shape index (κ1) is 22.5. The van der Waals surface area contributed by atoms with Gasteiger partial charge in [0.25, 0.3) is 0 Å². The Hall–Kier alpha value is -2.70. The van der Waals surface area contributed by atoms with Gasteiger partial charge < -0.3 is 19.3 Å². The minimum Gasteiger partial charge on any atom is -0.444 e. The maximum absolute atomic E-state index is 12.5. The van der Waals surface area contributed by atoms with Crippen molar-refractivity contribution in [1.82, 2.24) is 14.9 Å². The number of piperidine rings is 1. The van der Waals surface area contributed by atoms with Gasteiger partial charge in [-0.3, -0.25) is 0 Å². The zero-order chi connectivity index (χ0) is 22.9. The van der Waals surface area contributed by atoms with Gasteiger partial charge in [-0.15, -0.1) is 11.3 Å². The van der Waals surface area contributed by atoms with Crippen molar-refractivity contribution in [3.8, 4) is 6.07 Å². The van der Waals surface area contributed by atoms with E-state index in [9.17, 15) is 10.1 Å². The lowest BCUT2D eigenvalue weighted by molar-refractivity contribution is 0.0198. The second kappa shape index (κ2) is 9.04. The van der Waals surface area contributed by atoms with Crippen LogP contribution in [0.3, 0.4) is 0 Å². The standard InChI is InChI=1S/C23H27N5O2S2/c1-14-7-8-17(20-19(14)16(10-24)11-25-20)27-32-18-12-26-21(31-18)15-6-5-9-28(13-15)22(29)30-23(2,3)4/h7-8,11-12,15,25,27H,5-6,9,13H2,1-4H3. The number of hydrogen-bond donors (Lipinski definition) is 2. The average molecular weight is 470 g/mol. The van der Waals surface area contributed by atoms with E-state index in [1.54, 1.807) is 22.4 Å². The number of aromatic nitrogens is 2. The molecule has 0 aliphatic carbocycles. The van der Waals surface area contributed by atoms with Crippen molar-refractivity contribution in [1.29, 1.82) is 5.26 Å². The molecule has 3 heterocycles. The quantitative estimate of drug-likeness (QED) is 0.453. The van der Waals surface area contributed by atoms with Gasteiger partial charge in [0, 0.05) is 30.6 Å². The SMILES string of the molecule is Cc1ccc(NSc2cnc(C3CCCN(C(=O)OC(C)(C)C)C3)s2)c2[nH]cc(C#N)c12. The number of thiazole rings is 1. The van der Waals surface area contributed by atoms with Gasteiger partial charge >= 0.3 is 6.09 Å². The molecule has 3 aromatic rings. The van der Waals surface area contributed by atoms with Crippen LogP contribution >= 0.6 is 23.3 Å². The Bertz CT molecular complexity index is 1170. The van der Waals surface area contributed by atoms with Crippen LogP contribution in [0.15, 0.2) is 28.7 Å². The minimum absolute atomic E-state index is 0.225. The van der Waals surface area contributed by atoms with E-state index in [-0.39, 0.29) is 12.0 Å². The third-order valence-electron chi connectivity index (χ3n) is 5.35. The van der Waals surface area contributed by atoms with Crippen LogP contribution in [0.5, 0.6) is 0 Å². The molecule has 1 fully saturated rings. The highest BCUT2D eigenvalue weighted by molar-refractivity contribution is 8.02. The molecule has 2 N–H and O–H groups in total. The number of nitrogens with zero attached hydrogens (tertiary/aromatic N) is 3. The average Bonchev–Trinajstić information content (AvgIpc) is 3.40. The van der Waals surface area contributed by atoms with E-state index in [1.807, 2.05) is 46.0 Å². The molecule has 4 rings (SSSR count). The summed E-state index contributed by atoms with van der Waals surface area (Å²) < 4.78 is 9.99. The molecule has 0 bridgehead atoms. The lowest BCUT2D eigenvalue weighted by Gasteiger charge is -2.33. The zero-order valence-corrected chi connectivity index (χ0v) is 20.3. The Morgan fingerprint density at radius 1 is 1.44 bits per heavy atom. The van der Waals surface area contributed by atoms with Gasteiger partial charge in [-0.05, 0) is 64.1 Å². The Kier molecular flexibility index (Phi) is 6.35. The van der Waals surface area contributed by atoms with Crippen molar-refractivity contribution in [2.75, 3.05) is 17.8 Å².